The summed E-state index contributed by atoms with van der Waals surface area (Å²) in [4.78, 5) is 17.4. The van der Waals surface area contributed by atoms with Crippen LogP contribution in [0.25, 0.3) is 71.3 Å². The zero-order chi connectivity index (χ0) is 42.3. The number of benzene rings is 8. The van der Waals surface area contributed by atoms with Crippen molar-refractivity contribution in [3.05, 3.63) is 176 Å². The molecule has 0 aliphatic rings. The minimum atomic E-state index is -0.457. The van der Waals surface area contributed by atoms with Crippen LogP contribution in [-0.2, 0) is 4.79 Å². The van der Waals surface area contributed by atoms with Gasteiger partial charge in [-0.1, -0.05) is 110 Å². The molecule has 8 aromatic carbocycles. The van der Waals surface area contributed by atoms with Gasteiger partial charge in [0.2, 0.25) is 0 Å². The van der Waals surface area contributed by atoms with E-state index in [1.165, 1.54) is 86.2 Å². The summed E-state index contributed by atoms with van der Waals surface area (Å²) in [5.41, 5.74) is -0.122. The average Bonchev–Trinajstić information content (AvgIpc) is 4.03. The molecule has 11 aromatic rings. The van der Waals surface area contributed by atoms with Gasteiger partial charge in [-0.25, -0.2) is 4.79 Å². The molecule has 0 bridgehead atoms. The van der Waals surface area contributed by atoms with E-state index < -0.39 is 5.97 Å². The molecule has 0 N–H and O–H groups in total. The highest BCUT2D eigenvalue weighted by Gasteiger charge is 2.33. The highest BCUT2D eigenvalue weighted by molar-refractivity contribution is 8.02. The molecule has 3 heterocycles. The minimum Gasteiger partial charge on any atom is -0.423 e. The minimum absolute atomic E-state index is 0.122. The molecule has 3 aromatic heterocycles. The largest absolute Gasteiger partial charge is 0.423 e. The first-order chi connectivity index (χ1) is 31.0. The van der Waals surface area contributed by atoms with Crippen molar-refractivity contribution in [2.75, 3.05) is 23.0 Å². The summed E-state index contributed by atoms with van der Waals surface area (Å²) in [7, 11) is 0. The van der Waals surface area contributed by atoms with Crippen LogP contribution in [0, 0.1) is 5.41 Å². The highest BCUT2D eigenvalue weighted by Crippen LogP contribution is 2.49. The standard InChI is InChI=1S/C54H38O2S7/c1-2-50(55)56-35-27-28-36-34(29-35)13-9-23-43(36)57-30-54(31-58-47-24-10-17-40-37-14-3-6-20-44(37)61-51(40)47,32-59-48-25-11-18-41-38-15-4-7-21-45(38)62-52(41)48)33-60-49-26-12-19-42-39-16-5-8-22-46(39)63-53(42)49/h2-29H,1,30-33H2. The maximum atomic E-state index is 12.1. The van der Waals surface area contributed by atoms with Crippen LogP contribution in [0.2, 0.25) is 0 Å². The Labute approximate surface area is 394 Å². The number of hydrogen-bond acceptors (Lipinski definition) is 9. The van der Waals surface area contributed by atoms with Crippen molar-refractivity contribution in [3.8, 4) is 5.75 Å². The van der Waals surface area contributed by atoms with Crippen molar-refractivity contribution < 1.29 is 9.53 Å². The maximum Gasteiger partial charge on any atom is 0.335 e. The van der Waals surface area contributed by atoms with Crippen molar-refractivity contribution >= 4 is 158 Å². The fourth-order valence-electron chi connectivity index (χ4n) is 8.26. The smallest absolute Gasteiger partial charge is 0.335 e. The third-order valence-electron chi connectivity index (χ3n) is 11.4. The number of esters is 1. The van der Waals surface area contributed by atoms with Crippen molar-refractivity contribution in [1.82, 2.24) is 0 Å². The summed E-state index contributed by atoms with van der Waals surface area (Å²) >= 11 is 13.8. The van der Waals surface area contributed by atoms with Crippen molar-refractivity contribution in [2.45, 2.75) is 19.6 Å². The Bertz CT molecular complexity index is 3240. The van der Waals surface area contributed by atoms with E-state index >= 15 is 0 Å². The molecule has 2 nitrogen and oxygen atoms in total. The first-order valence-electron chi connectivity index (χ1n) is 20.6. The lowest BCUT2D eigenvalue weighted by Crippen LogP contribution is -2.33. The predicted octanol–water partition coefficient (Wildman–Crippen LogP) is 17.5. The third-order valence-corrected chi connectivity index (χ3v) is 21.1. The van der Waals surface area contributed by atoms with E-state index in [4.69, 9.17) is 4.74 Å². The topological polar surface area (TPSA) is 26.3 Å². The summed E-state index contributed by atoms with van der Waals surface area (Å²) in [6.45, 7) is 3.58. The first-order valence-corrected chi connectivity index (χ1v) is 27.0. The van der Waals surface area contributed by atoms with Gasteiger partial charge in [0.05, 0.1) is 0 Å². The molecular formula is C54H38O2S7. The van der Waals surface area contributed by atoms with Crippen LogP contribution in [0.5, 0.6) is 5.75 Å². The molecule has 63 heavy (non-hydrogen) atoms. The van der Waals surface area contributed by atoms with Crippen molar-refractivity contribution in [1.29, 1.82) is 0 Å². The number of carbonyl (C=O) groups excluding carboxylic acids is 1. The lowest BCUT2D eigenvalue weighted by atomic mass is 9.99. The number of hydrogen-bond donors (Lipinski definition) is 0. The SMILES string of the molecule is C=CC(=O)Oc1ccc2c(SCC(CSc3cccc4c3sc3ccccc34)(CSc3cccc4c3sc3ccccc34)CSc3cccc4c3sc3ccccc34)cccc2c1. The van der Waals surface area contributed by atoms with Crippen molar-refractivity contribution in [3.63, 3.8) is 0 Å². The van der Waals surface area contributed by atoms with Gasteiger partial charge in [0.1, 0.15) is 5.75 Å². The van der Waals surface area contributed by atoms with Gasteiger partial charge in [-0.05, 0) is 71.4 Å². The van der Waals surface area contributed by atoms with Gasteiger partial charge in [0.25, 0.3) is 0 Å². The van der Waals surface area contributed by atoms with E-state index in [0.29, 0.717) is 5.75 Å². The van der Waals surface area contributed by atoms with Gasteiger partial charge >= 0.3 is 5.97 Å². The number of fused-ring (bicyclic) bond motifs is 10. The second-order valence-electron chi connectivity index (χ2n) is 15.6. The number of carbonyl (C=O) groups is 1. The Morgan fingerprint density at radius 3 is 1.32 bits per heavy atom. The Morgan fingerprint density at radius 2 is 0.857 bits per heavy atom. The Balaban J connectivity index is 1.01. The molecule has 0 aliphatic carbocycles. The summed E-state index contributed by atoms with van der Waals surface area (Å²) in [5, 5.41) is 10.2. The summed E-state index contributed by atoms with van der Waals surface area (Å²) < 4.78 is 13.6. The van der Waals surface area contributed by atoms with Crippen LogP contribution >= 0.6 is 81.1 Å². The van der Waals surface area contributed by atoms with Crippen LogP contribution in [0.4, 0.5) is 0 Å². The van der Waals surface area contributed by atoms with Crippen molar-refractivity contribution in [2.24, 2.45) is 5.41 Å². The molecule has 0 amide bonds. The van der Waals surface area contributed by atoms with Gasteiger partial charge in [0.15, 0.2) is 0 Å². The maximum absolute atomic E-state index is 12.1. The summed E-state index contributed by atoms with van der Waals surface area (Å²) in [5.74, 6) is 3.83. The molecule has 308 valence electrons. The molecule has 9 heteroatoms. The molecule has 0 atom stereocenters. The van der Waals surface area contributed by atoms with Crippen LogP contribution in [0.15, 0.2) is 196 Å². The summed E-state index contributed by atoms with van der Waals surface area (Å²) in [6, 6.07) is 59.4. The lowest BCUT2D eigenvalue weighted by molar-refractivity contribution is -0.128. The molecule has 0 unspecified atom stereocenters. The molecule has 0 saturated carbocycles. The number of rotatable bonds is 14. The van der Waals surface area contributed by atoms with Crippen LogP contribution in [0.1, 0.15) is 0 Å². The van der Waals surface area contributed by atoms with Gasteiger partial charge < -0.3 is 4.74 Å². The average molecular weight is 943 g/mol. The number of thiophene rings is 3. The Kier molecular flexibility index (Phi) is 11.5. The monoisotopic (exact) mass is 942 g/mol. The number of thioether (sulfide) groups is 4. The van der Waals surface area contributed by atoms with Crippen LogP contribution in [-0.4, -0.2) is 29.0 Å². The van der Waals surface area contributed by atoms with Gasteiger partial charge in [-0.2, -0.15) is 0 Å². The lowest BCUT2D eigenvalue weighted by Gasteiger charge is -2.33. The van der Waals surface area contributed by atoms with E-state index in [-0.39, 0.29) is 5.41 Å². The second kappa shape index (κ2) is 17.7. The highest BCUT2D eigenvalue weighted by atomic mass is 32.2. The summed E-state index contributed by atoms with van der Waals surface area (Å²) in [6.07, 6.45) is 1.20. The first kappa shape index (κ1) is 41.0. The van der Waals surface area contributed by atoms with E-state index in [1.807, 2.05) is 93.2 Å². The van der Waals surface area contributed by atoms with Gasteiger partial charge in [0, 0.05) is 115 Å². The van der Waals surface area contributed by atoms with Gasteiger partial charge in [-0.3, -0.25) is 0 Å². The molecule has 0 radical (unpaired) electrons. The quantitative estimate of drug-likeness (QED) is 0.0466. The van der Waals surface area contributed by atoms with E-state index in [1.54, 1.807) is 0 Å². The molecule has 0 fully saturated rings. The van der Waals surface area contributed by atoms with E-state index in [2.05, 4.69) is 158 Å². The Hall–Kier alpha value is -4.71. The van der Waals surface area contributed by atoms with Crippen LogP contribution < -0.4 is 4.74 Å². The molecular weight excluding hydrogens is 905 g/mol. The molecule has 0 aliphatic heterocycles. The van der Waals surface area contributed by atoms with E-state index in [9.17, 15) is 4.79 Å². The van der Waals surface area contributed by atoms with E-state index in [0.717, 1.165) is 33.8 Å². The predicted molar refractivity (Wildman–Crippen MR) is 283 cm³/mol. The fraction of sp³-hybridized carbons (Fsp3) is 0.0926. The normalized spacial score (nSPS) is 12.1. The molecule has 0 saturated heterocycles. The zero-order valence-corrected chi connectivity index (χ0v) is 39.6. The zero-order valence-electron chi connectivity index (χ0n) is 33.9. The molecule has 0 spiro atoms. The van der Waals surface area contributed by atoms with Gasteiger partial charge in [-0.15, -0.1) is 81.1 Å². The van der Waals surface area contributed by atoms with Crippen LogP contribution in [0.3, 0.4) is 0 Å². The Morgan fingerprint density at radius 1 is 0.460 bits per heavy atom. The second-order valence-corrected chi connectivity index (χ2v) is 22.8. The third kappa shape index (κ3) is 8.07. The fourth-order valence-corrected chi connectivity index (χ4v) is 18.1. The number of ether oxygens (including phenoxy) is 1. The molecule has 11 rings (SSSR count).